The third-order valence-electron chi connectivity index (χ3n) is 8.16. The number of hydrogen-bond acceptors (Lipinski definition) is 1. The van der Waals surface area contributed by atoms with Gasteiger partial charge in [-0.3, -0.25) is 4.79 Å². The SMILES string of the molecule is O=C(C(=C(c1ccccc1)c1ccccc1)c1cccc(C(F)(F)F)c1)C(=C(c1ccccc1)c1ccccc1)c1cccc(C(F)(F)F)c1. The van der Waals surface area contributed by atoms with Crippen LogP contribution in [-0.4, -0.2) is 5.78 Å². The van der Waals surface area contributed by atoms with Crippen molar-refractivity contribution in [2.24, 2.45) is 0 Å². The minimum atomic E-state index is -4.73. The summed E-state index contributed by atoms with van der Waals surface area (Å²) in [6.45, 7) is 0. The van der Waals surface area contributed by atoms with E-state index in [1.807, 2.05) is 0 Å². The molecule has 0 N–H and O–H groups in total. The third kappa shape index (κ3) is 7.37. The molecule has 0 saturated carbocycles. The van der Waals surface area contributed by atoms with Crippen LogP contribution < -0.4 is 0 Å². The fourth-order valence-corrected chi connectivity index (χ4v) is 5.93. The number of benzene rings is 6. The van der Waals surface area contributed by atoms with Gasteiger partial charge in [0, 0.05) is 22.3 Å². The van der Waals surface area contributed by atoms with Crippen LogP contribution in [0.5, 0.6) is 0 Å². The van der Waals surface area contributed by atoms with E-state index in [9.17, 15) is 26.3 Å². The Labute approximate surface area is 285 Å². The third-order valence-corrected chi connectivity index (χ3v) is 8.16. The summed E-state index contributed by atoms with van der Waals surface area (Å²) in [5.41, 5.74) is 0.514. The molecule has 6 rings (SSSR count). The first-order valence-electron chi connectivity index (χ1n) is 15.6. The summed E-state index contributed by atoms with van der Waals surface area (Å²) in [5, 5.41) is 0. The minimum absolute atomic E-state index is 0.0440. The van der Waals surface area contributed by atoms with Gasteiger partial charge < -0.3 is 0 Å². The quantitative estimate of drug-likeness (QED) is 0.0892. The molecule has 0 heterocycles. The highest BCUT2D eigenvalue weighted by Gasteiger charge is 2.35. The lowest BCUT2D eigenvalue weighted by Gasteiger charge is -2.22. The molecule has 7 heteroatoms. The fourth-order valence-electron chi connectivity index (χ4n) is 5.93. The molecular formula is C43H28F6O. The Morgan fingerprint density at radius 3 is 0.860 bits per heavy atom. The molecule has 0 unspecified atom stereocenters. The van der Waals surface area contributed by atoms with Crippen LogP contribution in [0, 0.1) is 0 Å². The Morgan fingerprint density at radius 1 is 0.340 bits per heavy atom. The first-order valence-corrected chi connectivity index (χ1v) is 15.6. The lowest BCUT2D eigenvalue weighted by molar-refractivity contribution is -0.138. The molecule has 0 aliphatic rings. The Balaban J connectivity index is 1.81. The molecular weight excluding hydrogens is 646 g/mol. The van der Waals surface area contributed by atoms with Crippen molar-refractivity contribution in [1.82, 2.24) is 0 Å². The van der Waals surface area contributed by atoms with Crippen LogP contribution in [-0.2, 0) is 17.1 Å². The van der Waals surface area contributed by atoms with E-state index in [2.05, 4.69) is 0 Å². The molecule has 248 valence electrons. The van der Waals surface area contributed by atoms with Crippen molar-refractivity contribution in [3.05, 3.63) is 214 Å². The number of alkyl halides is 6. The summed E-state index contributed by atoms with van der Waals surface area (Å²) >= 11 is 0. The van der Waals surface area contributed by atoms with E-state index in [1.54, 1.807) is 121 Å². The second-order valence-corrected chi connectivity index (χ2v) is 11.5. The maximum absolute atomic E-state index is 15.7. The van der Waals surface area contributed by atoms with Crippen molar-refractivity contribution in [3.63, 3.8) is 0 Å². The Kier molecular flexibility index (Phi) is 9.68. The van der Waals surface area contributed by atoms with Gasteiger partial charge in [-0.05, 0) is 57.6 Å². The molecule has 6 aromatic carbocycles. The molecule has 50 heavy (non-hydrogen) atoms. The highest BCUT2D eigenvalue weighted by atomic mass is 19.4. The van der Waals surface area contributed by atoms with E-state index >= 15 is 4.79 Å². The van der Waals surface area contributed by atoms with Gasteiger partial charge in [0.1, 0.15) is 0 Å². The standard InChI is InChI=1S/C43H28F6O/c44-42(45,46)35-25-13-23-33(27-35)39(37(29-15-5-1-6-16-29)30-17-7-2-8-18-30)41(50)40(34-24-14-26-36(28-34)43(47,48)49)38(31-19-9-3-10-20-31)32-21-11-4-12-22-32/h1-28H. The molecule has 0 aliphatic carbocycles. The Hall–Kier alpha value is -5.95. The zero-order chi connectivity index (χ0) is 35.3. The molecule has 0 aromatic heterocycles. The number of Topliss-reactive ketones (excluding diaryl/α,β-unsaturated/α-hetero) is 1. The van der Waals surface area contributed by atoms with Crippen LogP contribution in [0.3, 0.4) is 0 Å². The van der Waals surface area contributed by atoms with Crippen LogP contribution in [0.2, 0.25) is 0 Å². The Morgan fingerprint density at radius 2 is 0.600 bits per heavy atom. The van der Waals surface area contributed by atoms with Gasteiger partial charge >= 0.3 is 12.4 Å². The second-order valence-electron chi connectivity index (χ2n) is 11.5. The van der Waals surface area contributed by atoms with Gasteiger partial charge in [0.05, 0.1) is 11.1 Å². The van der Waals surface area contributed by atoms with Gasteiger partial charge in [-0.15, -0.1) is 0 Å². The minimum Gasteiger partial charge on any atom is -0.289 e. The summed E-state index contributed by atoms with van der Waals surface area (Å²) in [7, 11) is 0. The normalized spacial score (nSPS) is 11.5. The highest BCUT2D eigenvalue weighted by Crippen LogP contribution is 2.43. The molecule has 0 radical (unpaired) electrons. The van der Waals surface area contributed by atoms with Crippen LogP contribution >= 0.6 is 0 Å². The topological polar surface area (TPSA) is 17.1 Å². The molecule has 1 nitrogen and oxygen atoms in total. The smallest absolute Gasteiger partial charge is 0.289 e. The van der Waals surface area contributed by atoms with Gasteiger partial charge in [0.15, 0.2) is 5.78 Å². The molecule has 0 atom stereocenters. The van der Waals surface area contributed by atoms with Crippen LogP contribution in [0.4, 0.5) is 26.3 Å². The average molecular weight is 675 g/mol. The predicted molar refractivity (Wildman–Crippen MR) is 185 cm³/mol. The molecule has 0 fully saturated rings. The Bertz CT molecular complexity index is 1920. The second kappa shape index (κ2) is 14.3. The van der Waals surface area contributed by atoms with Crippen molar-refractivity contribution in [2.45, 2.75) is 12.4 Å². The summed E-state index contributed by atoms with van der Waals surface area (Å²) in [6.07, 6.45) is -9.47. The zero-order valence-corrected chi connectivity index (χ0v) is 26.3. The van der Waals surface area contributed by atoms with Gasteiger partial charge in [0.25, 0.3) is 0 Å². The van der Waals surface area contributed by atoms with Crippen LogP contribution in [0.25, 0.3) is 22.3 Å². The van der Waals surface area contributed by atoms with Gasteiger partial charge in [-0.25, -0.2) is 0 Å². The van der Waals surface area contributed by atoms with E-state index < -0.39 is 29.3 Å². The van der Waals surface area contributed by atoms with E-state index in [-0.39, 0.29) is 22.3 Å². The molecule has 0 aliphatic heterocycles. The number of ketones is 1. The lowest BCUT2D eigenvalue weighted by Crippen LogP contribution is -2.13. The van der Waals surface area contributed by atoms with Crippen LogP contribution in [0.15, 0.2) is 170 Å². The molecule has 0 saturated heterocycles. The van der Waals surface area contributed by atoms with Gasteiger partial charge in [0.2, 0.25) is 0 Å². The maximum atomic E-state index is 15.7. The van der Waals surface area contributed by atoms with Gasteiger partial charge in [-0.2, -0.15) is 26.3 Å². The predicted octanol–water partition coefficient (Wildman–Crippen LogP) is 11.9. The number of halogens is 6. The van der Waals surface area contributed by atoms with Crippen molar-refractivity contribution < 1.29 is 31.1 Å². The summed E-state index contributed by atoms with van der Waals surface area (Å²) in [6, 6.07) is 43.9. The van der Waals surface area contributed by atoms with Crippen molar-refractivity contribution >= 4 is 28.1 Å². The van der Waals surface area contributed by atoms with E-state index in [0.717, 1.165) is 24.3 Å². The fraction of sp³-hybridized carbons (Fsp3) is 0.0465. The molecule has 0 spiro atoms. The first-order chi connectivity index (χ1) is 24.0. The number of carbonyl (C=O) groups is 1. The first kappa shape index (κ1) is 33.9. The summed E-state index contributed by atoms with van der Waals surface area (Å²) in [5.74, 6) is -0.755. The molecule has 0 amide bonds. The summed E-state index contributed by atoms with van der Waals surface area (Å²) in [4.78, 5) is 15.7. The van der Waals surface area contributed by atoms with E-state index in [0.29, 0.717) is 33.4 Å². The zero-order valence-electron chi connectivity index (χ0n) is 26.3. The summed E-state index contributed by atoms with van der Waals surface area (Å²) < 4.78 is 85.3. The number of carbonyl (C=O) groups excluding carboxylic acids is 1. The highest BCUT2D eigenvalue weighted by molar-refractivity contribution is 6.50. The number of hydrogen-bond donors (Lipinski definition) is 0. The van der Waals surface area contributed by atoms with E-state index in [1.165, 1.54) is 24.3 Å². The number of rotatable bonds is 8. The average Bonchev–Trinajstić information content (AvgIpc) is 3.13. The van der Waals surface area contributed by atoms with Crippen molar-refractivity contribution in [3.8, 4) is 0 Å². The monoisotopic (exact) mass is 674 g/mol. The van der Waals surface area contributed by atoms with Crippen molar-refractivity contribution in [1.29, 1.82) is 0 Å². The van der Waals surface area contributed by atoms with Crippen LogP contribution in [0.1, 0.15) is 44.5 Å². The van der Waals surface area contributed by atoms with E-state index in [4.69, 9.17) is 0 Å². The molecule has 0 bridgehead atoms. The largest absolute Gasteiger partial charge is 0.416 e. The number of allylic oxidation sites excluding steroid dienone is 2. The van der Waals surface area contributed by atoms with Gasteiger partial charge in [-0.1, -0.05) is 146 Å². The molecule has 6 aromatic rings. The lowest BCUT2D eigenvalue weighted by atomic mass is 9.80. The van der Waals surface area contributed by atoms with Crippen molar-refractivity contribution in [2.75, 3.05) is 0 Å². The maximum Gasteiger partial charge on any atom is 0.416 e.